The lowest BCUT2D eigenvalue weighted by Gasteiger charge is -2.35. The molecule has 5 rings (SSSR count). The van der Waals surface area contributed by atoms with Gasteiger partial charge in [-0.3, -0.25) is 9.59 Å². The Balaban J connectivity index is 1.30. The Hall–Kier alpha value is -4.67. The zero-order chi connectivity index (χ0) is 29.6. The summed E-state index contributed by atoms with van der Waals surface area (Å²) in [7, 11) is 3.16. The van der Waals surface area contributed by atoms with Gasteiger partial charge in [-0.2, -0.15) is 14.6 Å². The average molecular weight is 572 g/mol. The summed E-state index contributed by atoms with van der Waals surface area (Å²) in [6, 6.07) is 15.0. The van der Waals surface area contributed by atoms with Crippen LogP contribution in [0.2, 0.25) is 0 Å². The van der Waals surface area contributed by atoms with Crippen LogP contribution in [0.3, 0.4) is 0 Å². The lowest BCUT2D eigenvalue weighted by Crippen LogP contribution is -2.52. The molecule has 0 bridgehead atoms. The maximum absolute atomic E-state index is 13.5. The van der Waals surface area contributed by atoms with Crippen LogP contribution in [0.1, 0.15) is 42.1 Å². The zero-order valence-electron chi connectivity index (χ0n) is 24.5. The molecule has 2 amide bonds. The van der Waals surface area contributed by atoms with E-state index < -0.39 is 6.04 Å². The molecular weight excluding hydrogens is 534 g/mol. The summed E-state index contributed by atoms with van der Waals surface area (Å²) in [6.45, 7) is 4.87. The normalized spacial score (nSPS) is 14.4. The number of aryl methyl sites for hydroxylation is 1. The smallest absolute Gasteiger partial charge is 0.254 e. The van der Waals surface area contributed by atoms with Gasteiger partial charge in [0.25, 0.3) is 5.78 Å². The molecular formula is C31H37N7O4. The maximum atomic E-state index is 13.5. The number of nitrogens with zero attached hydrogens (tertiary/aromatic N) is 5. The van der Waals surface area contributed by atoms with Crippen LogP contribution >= 0.6 is 0 Å². The predicted octanol–water partition coefficient (Wildman–Crippen LogP) is 2.87. The first-order valence-corrected chi connectivity index (χ1v) is 14.1. The summed E-state index contributed by atoms with van der Waals surface area (Å²) in [4.78, 5) is 36.8. The molecule has 2 aromatic heterocycles. The number of carbonyl (C=O) groups excluding carboxylic acids is 2. The molecule has 220 valence electrons. The highest BCUT2D eigenvalue weighted by molar-refractivity contribution is 5.87. The van der Waals surface area contributed by atoms with Crippen molar-refractivity contribution in [2.45, 2.75) is 51.6 Å². The van der Waals surface area contributed by atoms with Gasteiger partial charge in [-0.25, -0.2) is 4.98 Å². The Morgan fingerprint density at radius 3 is 2.52 bits per heavy atom. The van der Waals surface area contributed by atoms with Crippen molar-refractivity contribution in [3.8, 4) is 11.5 Å². The van der Waals surface area contributed by atoms with Crippen LogP contribution in [0.5, 0.6) is 11.5 Å². The molecule has 2 N–H and O–H groups in total. The number of rotatable bonds is 10. The Morgan fingerprint density at radius 1 is 1.07 bits per heavy atom. The van der Waals surface area contributed by atoms with E-state index >= 15 is 0 Å². The van der Waals surface area contributed by atoms with E-state index in [1.54, 1.807) is 26.4 Å². The van der Waals surface area contributed by atoms with Gasteiger partial charge >= 0.3 is 0 Å². The predicted molar refractivity (Wildman–Crippen MR) is 159 cm³/mol. The molecule has 11 nitrogen and oxygen atoms in total. The van der Waals surface area contributed by atoms with E-state index in [-0.39, 0.29) is 24.3 Å². The summed E-state index contributed by atoms with van der Waals surface area (Å²) < 4.78 is 12.7. The molecule has 1 aliphatic heterocycles. The monoisotopic (exact) mass is 571 g/mol. The Kier molecular flexibility index (Phi) is 8.85. The van der Waals surface area contributed by atoms with E-state index in [9.17, 15) is 9.59 Å². The van der Waals surface area contributed by atoms with Crippen LogP contribution in [0.15, 0.2) is 54.9 Å². The second-order valence-electron chi connectivity index (χ2n) is 10.5. The molecule has 2 aromatic carbocycles. The van der Waals surface area contributed by atoms with Gasteiger partial charge < -0.3 is 25.0 Å². The number of hydrogen-bond acceptors (Lipinski definition) is 8. The standard InChI is InChI=1S/C31H37N7O4/c1-20-26(16-22-8-6-5-7-9-22)30(38-31(34-20)32-19-33-38)37-14-12-24(13-15-37)36-29(40)27(35-21(2)39)18-23-17-25(41-3)10-11-28(23)42-4/h5-11,17,19,24,27H,12-16,18H2,1-4H3,(H,35,39)(H,36,40)/t27-/m1/s1. The fraction of sp³-hybridized carbons (Fsp3) is 0.387. The van der Waals surface area contributed by atoms with Gasteiger partial charge in [-0.05, 0) is 43.5 Å². The van der Waals surface area contributed by atoms with E-state index in [1.807, 2.05) is 35.7 Å². The number of amides is 2. The number of methoxy groups -OCH3 is 2. The number of anilines is 1. The minimum absolute atomic E-state index is 0.0380. The van der Waals surface area contributed by atoms with Crippen molar-refractivity contribution in [1.82, 2.24) is 30.2 Å². The number of nitrogens with one attached hydrogen (secondary N) is 2. The van der Waals surface area contributed by atoms with Crippen LogP contribution in [0.4, 0.5) is 5.82 Å². The van der Waals surface area contributed by atoms with E-state index in [4.69, 9.17) is 14.5 Å². The van der Waals surface area contributed by atoms with Crippen LogP contribution in [-0.4, -0.2) is 70.8 Å². The molecule has 1 saturated heterocycles. The molecule has 0 spiro atoms. The molecule has 1 atom stereocenters. The summed E-state index contributed by atoms with van der Waals surface area (Å²) in [5.74, 6) is 2.34. The summed E-state index contributed by atoms with van der Waals surface area (Å²) in [6.07, 6.45) is 4.01. The number of hydrogen-bond donors (Lipinski definition) is 2. The van der Waals surface area contributed by atoms with E-state index in [1.165, 1.54) is 18.8 Å². The van der Waals surface area contributed by atoms with E-state index in [0.717, 1.165) is 55.0 Å². The molecule has 3 heterocycles. The zero-order valence-corrected chi connectivity index (χ0v) is 24.5. The van der Waals surface area contributed by atoms with E-state index in [2.05, 4.69) is 37.7 Å². The maximum Gasteiger partial charge on any atom is 0.254 e. The summed E-state index contributed by atoms with van der Waals surface area (Å²) in [5, 5.41) is 10.5. The molecule has 42 heavy (non-hydrogen) atoms. The number of carbonyl (C=O) groups is 2. The molecule has 1 aliphatic rings. The second kappa shape index (κ2) is 12.9. The van der Waals surface area contributed by atoms with Crippen molar-refractivity contribution >= 4 is 23.4 Å². The lowest BCUT2D eigenvalue weighted by molar-refractivity contribution is -0.128. The first-order valence-electron chi connectivity index (χ1n) is 14.1. The van der Waals surface area contributed by atoms with Crippen molar-refractivity contribution in [2.75, 3.05) is 32.2 Å². The first-order chi connectivity index (χ1) is 20.4. The molecule has 0 aliphatic carbocycles. The molecule has 0 radical (unpaired) electrons. The second-order valence-corrected chi connectivity index (χ2v) is 10.5. The first kappa shape index (κ1) is 28.8. The Bertz CT molecular complexity index is 1550. The van der Waals surface area contributed by atoms with Gasteiger partial charge in [0.2, 0.25) is 11.8 Å². The fourth-order valence-electron chi connectivity index (χ4n) is 5.55. The summed E-state index contributed by atoms with van der Waals surface area (Å²) in [5.41, 5.74) is 4.01. The number of benzene rings is 2. The topological polar surface area (TPSA) is 123 Å². The van der Waals surface area contributed by atoms with E-state index in [0.29, 0.717) is 17.3 Å². The minimum Gasteiger partial charge on any atom is -0.497 e. The van der Waals surface area contributed by atoms with Crippen molar-refractivity contribution in [3.63, 3.8) is 0 Å². The van der Waals surface area contributed by atoms with Crippen molar-refractivity contribution in [3.05, 3.63) is 77.2 Å². The quantitative estimate of drug-likeness (QED) is 0.298. The fourth-order valence-corrected chi connectivity index (χ4v) is 5.55. The van der Waals surface area contributed by atoms with Crippen LogP contribution in [0.25, 0.3) is 5.78 Å². The third-order valence-corrected chi connectivity index (χ3v) is 7.67. The van der Waals surface area contributed by atoms with Crippen LogP contribution in [0, 0.1) is 6.92 Å². The molecule has 0 unspecified atom stereocenters. The van der Waals surface area contributed by atoms with Crippen molar-refractivity contribution in [1.29, 1.82) is 0 Å². The highest BCUT2D eigenvalue weighted by atomic mass is 16.5. The van der Waals surface area contributed by atoms with Gasteiger partial charge in [-0.15, -0.1) is 0 Å². The average Bonchev–Trinajstić information content (AvgIpc) is 3.45. The van der Waals surface area contributed by atoms with Crippen molar-refractivity contribution < 1.29 is 19.1 Å². The third-order valence-electron chi connectivity index (χ3n) is 7.67. The largest absolute Gasteiger partial charge is 0.497 e. The minimum atomic E-state index is -0.753. The third kappa shape index (κ3) is 6.45. The summed E-state index contributed by atoms with van der Waals surface area (Å²) >= 11 is 0. The van der Waals surface area contributed by atoms with Gasteiger partial charge in [0, 0.05) is 55.7 Å². The number of fused-ring (bicyclic) bond motifs is 1. The number of piperidine rings is 1. The molecule has 11 heteroatoms. The van der Waals surface area contributed by atoms with Crippen LogP contribution < -0.4 is 25.0 Å². The van der Waals surface area contributed by atoms with Gasteiger partial charge in [0.15, 0.2) is 0 Å². The van der Waals surface area contributed by atoms with Crippen LogP contribution in [-0.2, 0) is 22.4 Å². The SMILES string of the molecule is COc1ccc(OC)c(C[C@@H](NC(C)=O)C(=O)NC2CCN(c3c(Cc4ccccc4)c(C)nc4ncnn34)CC2)c1. The highest BCUT2D eigenvalue weighted by Gasteiger charge is 2.29. The van der Waals surface area contributed by atoms with Gasteiger partial charge in [0.1, 0.15) is 29.7 Å². The van der Waals surface area contributed by atoms with Gasteiger partial charge in [0.05, 0.1) is 14.2 Å². The number of aromatic nitrogens is 4. The number of ether oxygens (including phenoxy) is 2. The molecule has 0 saturated carbocycles. The lowest BCUT2D eigenvalue weighted by atomic mass is 9.99. The van der Waals surface area contributed by atoms with Crippen molar-refractivity contribution in [2.24, 2.45) is 0 Å². The van der Waals surface area contributed by atoms with Gasteiger partial charge in [-0.1, -0.05) is 30.3 Å². The highest BCUT2D eigenvalue weighted by Crippen LogP contribution is 2.29. The Labute approximate surface area is 245 Å². The Morgan fingerprint density at radius 2 is 1.83 bits per heavy atom. The molecule has 4 aromatic rings. The molecule has 1 fully saturated rings.